The van der Waals surface area contributed by atoms with Gasteiger partial charge in [0.1, 0.15) is 99.4 Å². The van der Waals surface area contributed by atoms with Crippen LogP contribution in [-0.4, -0.2) is 270 Å². The van der Waals surface area contributed by atoms with Gasteiger partial charge in [-0.2, -0.15) is 0 Å². The number of esters is 5. The third kappa shape index (κ3) is 36.6. The number of benzene rings is 3. The minimum Gasteiger partial charge on any atom is -0.497 e. The second-order valence-electron chi connectivity index (χ2n) is 43.1. The second kappa shape index (κ2) is 52.9. The van der Waals surface area contributed by atoms with Crippen LogP contribution in [0.5, 0.6) is 34.9 Å². The summed E-state index contributed by atoms with van der Waals surface area (Å²) in [5.41, 5.74) is -1.18. The second-order valence-corrected chi connectivity index (χ2v) is 44.2. The average Bonchev–Trinajstić information content (AvgIpc) is 1.61. The first-order chi connectivity index (χ1) is 65.6. The first kappa shape index (κ1) is 122. The smallest absolute Gasteiger partial charge is 0.411 e. The number of nitrogens with one attached hydrogen (secondary N) is 1. The van der Waals surface area contributed by atoms with E-state index in [4.69, 9.17) is 120 Å². The Morgan fingerprint density at radius 3 is 1.17 bits per heavy atom. The Bertz CT molecular complexity index is 5230. The van der Waals surface area contributed by atoms with E-state index in [2.05, 4.69) is 48.7 Å². The summed E-state index contributed by atoms with van der Waals surface area (Å²) in [6.45, 7) is 50.7. The number of amides is 3. The van der Waals surface area contributed by atoms with Crippen molar-refractivity contribution >= 4 is 165 Å². The zero-order valence-electron chi connectivity index (χ0n) is 88.1. The number of likely N-dealkylation sites (tertiary alicyclic amines) is 3. The predicted octanol–water partition coefficient (Wildman–Crippen LogP) is 17.8. The van der Waals surface area contributed by atoms with Crippen LogP contribution >= 0.6 is 47.2 Å². The topological polar surface area (TPSA) is 376 Å². The van der Waals surface area contributed by atoms with Crippen molar-refractivity contribution in [3.05, 3.63) is 82.7 Å². The van der Waals surface area contributed by atoms with Crippen LogP contribution in [0.1, 0.15) is 257 Å². The lowest BCUT2D eigenvalue weighted by Crippen LogP contribution is -2.50. The molecule has 2 N–H and O–H groups in total. The van der Waals surface area contributed by atoms with Gasteiger partial charge in [0.05, 0.1) is 92.5 Å². The Balaban J connectivity index is 0.000000294. The Labute approximate surface area is 865 Å². The van der Waals surface area contributed by atoms with E-state index in [0.717, 1.165) is 57.8 Å². The molecule has 1 aliphatic carbocycles. The van der Waals surface area contributed by atoms with E-state index in [1.165, 1.54) is 16.9 Å². The van der Waals surface area contributed by atoms with E-state index in [1.54, 1.807) is 185 Å². The van der Waals surface area contributed by atoms with Crippen molar-refractivity contribution in [3.8, 4) is 34.9 Å². The normalized spacial score (nSPS) is 21.8. The number of carbonyl (C=O) groups is 8. The summed E-state index contributed by atoms with van der Waals surface area (Å²) in [6, 6.07) is 12.9. The molecule has 1 saturated carbocycles. The maximum absolute atomic E-state index is 14.6. The highest BCUT2D eigenvalue weighted by atomic mass is 35.5. The lowest BCUT2D eigenvalue weighted by molar-refractivity contribution is -0.167. The highest BCUT2D eigenvalue weighted by Gasteiger charge is 2.56. The fraction of sp³-hybridized carbons (Fsp3) is 0.663. The maximum atomic E-state index is 14.6. The molecule has 777 valence electrons. The fourth-order valence-electron chi connectivity index (χ4n) is 16.9. The molecule has 0 bridgehead atoms. The third-order valence-corrected chi connectivity index (χ3v) is 23.9. The van der Waals surface area contributed by atoms with Crippen LogP contribution < -0.4 is 33.7 Å². The van der Waals surface area contributed by atoms with Crippen LogP contribution in [0.25, 0.3) is 33.1 Å². The molecule has 15 atom stereocenters. The number of aliphatic hydroxyl groups excluding tert-OH is 1. The van der Waals surface area contributed by atoms with E-state index in [-0.39, 0.29) is 113 Å². The number of rotatable bonds is 30. The SMILES string of the molecule is C=CCCC[C@@H]1C[C@H]1OC(=O)C[C@H](C(=O)N1C[C@H](Oc2nc3cc(OC)ccc3nc2Cl)[C@@H](CCC)[C@H]1C(=O)OC(C)(C)C)C(C)(C)C.CCC[C@@H]1[C@@H](Oc2nc3cc(OC)ccc3nc2Cl)CN(C(=O)OC(C)(C)C)[C@@H]1C(=O)OC(C)(C)C.CCC[C@@H]1[C@@H](Oc2nc3cc(OC)ccc3nc2Cl)CN[C@@H]1C(=O)OC(C)(C)C.CCC[C@H]1[C@@H](C(=O)OC(C)(C)C)N(C(=O)OC(C)(C)C)C[C@@H]1O.Cl.[B][B]B([B])[B]. The Morgan fingerprint density at radius 1 is 0.479 bits per heavy atom. The molecule has 142 heavy (non-hydrogen) atoms. The van der Waals surface area contributed by atoms with E-state index in [1.807, 2.05) is 68.4 Å². The summed E-state index contributed by atoms with van der Waals surface area (Å²) in [5.74, 6) is -1.67. The van der Waals surface area contributed by atoms with Crippen LogP contribution in [0.3, 0.4) is 0 Å². The zero-order chi connectivity index (χ0) is 106. The number of hydrogen-bond donors (Lipinski definition) is 2. The molecule has 0 unspecified atom stereocenters. The number of hydrogen-bond acceptors (Lipinski definition) is 29. The summed E-state index contributed by atoms with van der Waals surface area (Å²) in [5, 5.41) is 13.9. The third-order valence-electron chi connectivity index (χ3n) is 23.1. The van der Waals surface area contributed by atoms with Crippen molar-refractivity contribution in [2.75, 3.05) is 47.5 Å². The van der Waals surface area contributed by atoms with Gasteiger partial charge in [-0.1, -0.05) is 115 Å². The summed E-state index contributed by atoms with van der Waals surface area (Å²) in [6.07, 6.45) is 7.43. The van der Waals surface area contributed by atoms with Gasteiger partial charge in [-0.15, -0.1) is 19.0 Å². The highest BCUT2D eigenvalue weighted by molar-refractivity contribution is 7.60. The minimum atomic E-state index is -0.937. The van der Waals surface area contributed by atoms with E-state index < -0.39 is 136 Å². The van der Waals surface area contributed by atoms with Crippen LogP contribution in [-0.2, 0) is 61.9 Å². The molecule has 5 aliphatic rings. The number of halogens is 4. The molecular weight excluding hydrogens is 1900 g/mol. The summed E-state index contributed by atoms with van der Waals surface area (Å²) >= 11 is 19.3. The molecule has 32 nitrogen and oxygen atoms in total. The van der Waals surface area contributed by atoms with Crippen molar-refractivity contribution in [2.24, 2.45) is 40.9 Å². The maximum Gasteiger partial charge on any atom is 0.411 e. The molecule has 0 spiro atoms. The molecule has 6 aromatic rings. The number of fused-ring (bicyclic) bond motifs is 3. The molecule has 7 heterocycles. The van der Waals surface area contributed by atoms with Gasteiger partial charge in [0.2, 0.25) is 5.91 Å². The average molecular weight is 2050 g/mol. The minimum absolute atomic E-state index is 0. The van der Waals surface area contributed by atoms with E-state index in [9.17, 15) is 43.5 Å². The number of aromatic nitrogens is 6. The van der Waals surface area contributed by atoms with Crippen LogP contribution in [0.2, 0.25) is 15.5 Å². The molecule has 41 heteroatoms. The number of carbonyl (C=O) groups excluding carboxylic acids is 8. The fourth-order valence-corrected chi connectivity index (χ4v) is 17.5. The van der Waals surface area contributed by atoms with E-state index >= 15 is 0 Å². The van der Waals surface area contributed by atoms with Gasteiger partial charge in [0, 0.05) is 85.1 Å². The summed E-state index contributed by atoms with van der Waals surface area (Å²) in [4.78, 5) is 137. The number of nitrogens with zero attached hydrogens (tertiary/aromatic N) is 9. The van der Waals surface area contributed by atoms with Crippen molar-refractivity contribution in [2.45, 2.75) is 345 Å². The molecular formula is C101H148B5Cl4N10O22. The van der Waals surface area contributed by atoms with Gasteiger partial charge < -0.3 is 76.9 Å². The number of β-amino-alcohol motifs (C(OH)–C–C–N with tert-alkyl or cyclic N) is 1. The molecule has 3 aromatic carbocycles. The molecule has 4 saturated heterocycles. The Kier molecular flexibility index (Phi) is 45.3. The monoisotopic (exact) mass is 2050 g/mol. The van der Waals surface area contributed by atoms with Crippen LogP contribution in [0, 0.1) is 40.9 Å². The molecule has 5 fully saturated rings. The van der Waals surface area contributed by atoms with Crippen LogP contribution in [0.15, 0.2) is 67.3 Å². The number of methoxy groups -OCH3 is 3. The van der Waals surface area contributed by atoms with Gasteiger partial charge in [0.15, 0.2) is 15.5 Å². The standard InChI is InChI=1S/C37H52ClN3O7.C26H36ClN3O6.C21H28ClN3O4.C17H31NO5.B5.ClH/c1-10-12-13-15-22-18-28(22)46-30(42)20-25(36(3,4)5)34(43)41-21-29(24(14-11-2)31(41)35(44)48-37(6,7)8)47-33-32(38)39-26-17-16-23(45-9)19-27(26)40-33;1-9-10-16-19(34-22-21(27)28-17-12-11-15(33-8)13-18(17)29-22)14-30(24(32)36-26(5,6)7)20(16)23(31)35-25(2,3)4;1-6-7-13-16(11-23-17(13)20(26)29-21(2,3)4)28-19-18(22)24-14-9-8-12(27-5)10-15(14)25-19;1-8-9-11-12(19)10-18(15(21)23-17(5,6)7)13(11)14(20)22-16(2,3)4;1-4-5(2)3;/h10,16-17,19,22,24-25,28-29,31H,1,11-15,18,20-21H2,2-9H3;11-13,16,19-20H,9-10,14H2,1-8H3;8-10,13,16-17,23H,6-7,11H2,1-5H3;11-13,19H,8-10H2,1-7H3;;1H/t22-,24-,25-,28-,29+,31+;16-,19+,20+;13-,16+,17+;11-,12+,13+;;/m1111../s1. The van der Waals surface area contributed by atoms with Crippen molar-refractivity contribution in [1.29, 1.82) is 0 Å². The largest absolute Gasteiger partial charge is 0.497 e. The van der Waals surface area contributed by atoms with Crippen molar-refractivity contribution in [3.63, 3.8) is 0 Å². The van der Waals surface area contributed by atoms with Crippen LogP contribution in [0.4, 0.5) is 9.59 Å². The van der Waals surface area contributed by atoms with Gasteiger partial charge in [0.25, 0.3) is 17.6 Å². The predicted molar refractivity (Wildman–Crippen MR) is 556 cm³/mol. The first-order valence-corrected chi connectivity index (χ1v) is 49.8. The lowest BCUT2D eigenvalue weighted by atomic mass is 8.97. The molecule has 11 rings (SSSR count). The molecule has 7 radical (unpaired) electrons. The van der Waals surface area contributed by atoms with Gasteiger partial charge in [-0.3, -0.25) is 24.2 Å². The number of allylic oxidation sites excluding steroid dienone is 1. The number of unbranched alkanes of at least 4 members (excludes halogenated alkanes) is 1. The highest BCUT2D eigenvalue weighted by Crippen LogP contribution is 2.45. The van der Waals surface area contributed by atoms with E-state index in [0.29, 0.717) is 82.1 Å². The Hall–Kier alpha value is -9.02. The lowest BCUT2D eigenvalue weighted by Gasteiger charge is -2.35. The summed E-state index contributed by atoms with van der Waals surface area (Å²) in [7, 11) is 20.5. The first-order valence-electron chi connectivity index (χ1n) is 48.7. The number of ether oxygens (including phenoxy) is 13. The molecule has 3 amide bonds. The Morgan fingerprint density at radius 2 is 0.817 bits per heavy atom. The van der Waals surface area contributed by atoms with Gasteiger partial charge >= 0.3 is 42.0 Å². The zero-order valence-corrected chi connectivity index (χ0v) is 91.2. The van der Waals surface area contributed by atoms with Crippen molar-refractivity contribution in [1.82, 2.24) is 49.9 Å². The molecule has 4 aliphatic heterocycles. The quantitative estimate of drug-likeness (QED) is 0.0139. The van der Waals surface area contributed by atoms with Gasteiger partial charge in [-0.05, 0) is 224 Å². The molecule has 3 aromatic heterocycles. The number of aliphatic hydroxyl groups is 1. The van der Waals surface area contributed by atoms with Gasteiger partial charge in [-0.25, -0.2) is 53.9 Å². The summed E-state index contributed by atoms with van der Waals surface area (Å²) < 4.78 is 74.2. The van der Waals surface area contributed by atoms with Crippen molar-refractivity contribution < 1.29 is 105 Å².